The highest BCUT2D eigenvalue weighted by molar-refractivity contribution is 5.99. The second-order valence-electron chi connectivity index (χ2n) is 7.22. The van der Waals surface area contributed by atoms with Gasteiger partial charge in [0.25, 0.3) is 5.91 Å². The summed E-state index contributed by atoms with van der Waals surface area (Å²) in [5, 5.41) is 7.88. The highest BCUT2D eigenvalue weighted by Gasteiger charge is 2.28. The van der Waals surface area contributed by atoms with E-state index in [1.807, 2.05) is 31.1 Å². The maximum absolute atomic E-state index is 13.8. The second kappa shape index (κ2) is 7.45. The Morgan fingerprint density at radius 2 is 2.07 bits per heavy atom. The number of nitrogens with one attached hydrogen (secondary N) is 1. The van der Waals surface area contributed by atoms with Gasteiger partial charge < -0.3 is 9.80 Å². The molecule has 0 bridgehead atoms. The molecule has 0 radical (unpaired) electrons. The van der Waals surface area contributed by atoms with Crippen molar-refractivity contribution < 1.29 is 9.18 Å². The molecule has 4 rings (SSSR count). The molecule has 142 valence electrons. The van der Waals surface area contributed by atoms with Crippen LogP contribution in [0.5, 0.6) is 0 Å². The largest absolute Gasteiger partial charge is 0.337 e. The Hall–Kier alpha value is -3.17. The first-order chi connectivity index (χ1) is 13.5. The quantitative estimate of drug-likeness (QED) is 0.700. The van der Waals surface area contributed by atoms with Crippen molar-refractivity contribution in [2.24, 2.45) is 0 Å². The van der Waals surface area contributed by atoms with Crippen LogP contribution < -0.4 is 0 Å². The van der Waals surface area contributed by atoms with Crippen molar-refractivity contribution in [3.8, 4) is 11.8 Å². The maximum atomic E-state index is 13.8. The first kappa shape index (κ1) is 18.2. The summed E-state index contributed by atoms with van der Waals surface area (Å²) < 4.78 is 13.8. The van der Waals surface area contributed by atoms with Gasteiger partial charge in [-0.15, -0.1) is 0 Å². The number of nitrogens with zero attached hydrogens (tertiary/aromatic N) is 3. The Labute approximate surface area is 163 Å². The van der Waals surface area contributed by atoms with Crippen molar-refractivity contribution in [1.82, 2.24) is 20.0 Å². The predicted molar refractivity (Wildman–Crippen MR) is 106 cm³/mol. The third kappa shape index (κ3) is 3.49. The lowest BCUT2D eigenvalue weighted by Gasteiger charge is -2.20. The van der Waals surface area contributed by atoms with Crippen LogP contribution >= 0.6 is 0 Å². The van der Waals surface area contributed by atoms with E-state index in [1.165, 1.54) is 6.07 Å². The molecule has 2 aromatic carbocycles. The highest BCUT2D eigenvalue weighted by atomic mass is 19.1. The van der Waals surface area contributed by atoms with Crippen molar-refractivity contribution in [3.05, 3.63) is 65.1 Å². The number of carbonyl (C=O) groups is 1. The molecular formula is C22H21FN4O. The van der Waals surface area contributed by atoms with E-state index in [-0.39, 0.29) is 11.7 Å². The predicted octanol–water partition coefficient (Wildman–Crippen LogP) is 2.88. The Balaban J connectivity index is 1.62. The first-order valence-electron chi connectivity index (χ1n) is 9.23. The number of amides is 1. The van der Waals surface area contributed by atoms with Gasteiger partial charge in [0.2, 0.25) is 0 Å². The summed E-state index contributed by atoms with van der Waals surface area (Å²) in [6.45, 7) is 1.49. The molecule has 0 saturated carbocycles. The van der Waals surface area contributed by atoms with Crippen LogP contribution in [0.1, 0.15) is 28.0 Å². The normalized spacial score (nSPS) is 16.4. The van der Waals surface area contributed by atoms with Crippen molar-refractivity contribution in [3.63, 3.8) is 0 Å². The lowest BCUT2D eigenvalue weighted by Crippen LogP contribution is -2.34. The molecule has 5 nitrogen and oxygen atoms in total. The number of hydrogen-bond donors (Lipinski definition) is 1. The van der Waals surface area contributed by atoms with Gasteiger partial charge >= 0.3 is 0 Å². The molecule has 1 aromatic heterocycles. The van der Waals surface area contributed by atoms with Crippen LogP contribution in [-0.2, 0) is 0 Å². The third-order valence-electron chi connectivity index (χ3n) is 5.18. The molecule has 6 heteroatoms. The van der Waals surface area contributed by atoms with E-state index < -0.39 is 0 Å². The summed E-state index contributed by atoms with van der Waals surface area (Å²) in [6.07, 6.45) is 0.978. The Morgan fingerprint density at radius 3 is 2.82 bits per heavy atom. The fourth-order valence-corrected chi connectivity index (χ4v) is 3.46. The molecule has 0 aliphatic carbocycles. The van der Waals surface area contributed by atoms with Crippen molar-refractivity contribution in [2.45, 2.75) is 12.5 Å². The number of aromatic nitrogens is 2. The van der Waals surface area contributed by atoms with Gasteiger partial charge in [0, 0.05) is 30.1 Å². The van der Waals surface area contributed by atoms with E-state index in [1.54, 1.807) is 24.3 Å². The van der Waals surface area contributed by atoms with Crippen LogP contribution in [0.3, 0.4) is 0 Å². The molecule has 1 saturated heterocycles. The van der Waals surface area contributed by atoms with Crippen LogP contribution in [0.25, 0.3) is 10.9 Å². The lowest BCUT2D eigenvalue weighted by atomic mass is 10.1. The minimum atomic E-state index is -0.362. The van der Waals surface area contributed by atoms with Gasteiger partial charge in [0.15, 0.2) is 0 Å². The molecule has 1 unspecified atom stereocenters. The molecule has 3 aromatic rings. The van der Waals surface area contributed by atoms with E-state index in [0.717, 1.165) is 30.4 Å². The minimum Gasteiger partial charge on any atom is -0.337 e. The number of likely N-dealkylation sites (N-methyl/N-ethyl adjacent to an activating group) is 1. The third-order valence-corrected chi connectivity index (χ3v) is 5.18. The van der Waals surface area contributed by atoms with E-state index >= 15 is 0 Å². The smallest absolute Gasteiger partial charge is 0.253 e. The van der Waals surface area contributed by atoms with E-state index in [9.17, 15) is 9.18 Å². The molecule has 1 amide bonds. The summed E-state index contributed by atoms with van der Waals surface area (Å²) in [4.78, 5) is 16.9. The lowest BCUT2D eigenvalue weighted by molar-refractivity contribution is 0.0783. The van der Waals surface area contributed by atoms with Gasteiger partial charge in [-0.05, 0) is 56.8 Å². The van der Waals surface area contributed by atoms with Crippen molar-refractivity contribution in [1.29, 1.82) is 0 Å². The Bertz CT molecular complexity index is 1090. The van der Waals surface area contributed by atoms with Crippen molar-refractivity contribution in [2.75, 3.05) is 27.2 Å². The van der Waals surface area contributed by atoms with Crippen LogP contribution in [0.2, 0.25) is 0 Å². The standard InChI is InChI=1S/C22H21FN4O/c1-26(2)17-11-12-27(14-17)22(28)16-8-10-21-18(13-16)20(24-25-21)9-7-15-5-3-4-6-19(15)23/h3-6,8,10,13,17H,11-12,14H2,1-2H3,(H,24,25). The average molecular weight is 376 g/mol. The SMILES string of the molecule is CN(C)C1CCN(C(=O)c2ccc3n[nH]c(C#Cc4ccccc4F)c3c2)C1. The number of hydrogen-bond acceptors (Lipinski definition) is 3. The molecule has 1 aliphatic heterocycles. The van der Waals surface area contributed by atoms with Crippen LogP contribution in [0.15, 0.2) is 42.5 Å². The molecular weight excluding hydrogens is 355 g/mol. The summed E-state index contributed by atoms with van der Waals surface area (Å²) in [5.74, 6) is 5.43. The van der Waals surface area contributed by atoms with Gasteiger partial charge in [-0.1, -0.05) is 18.1 Å². The van der Waals surface area contributed by atoms with Crippen LogP contribution in [-0.4, -0.2) is 59.1 Å². The first-order valence-corrected chi connectivity index (χ1v) is 9.23. The molecule has 0 spiro atoms. The number of fused-ring (bicyclic) bond motifs is 1. The molecule has 2 heterocycles. The summed E-state index contributed by atoms with van der Waals surface area (Å²) in [6, 6.07) is 12.2. The number of aromatic amines is 1. The number of benzene rings is 2. The minimum absolute atomic E-state index is 0.0143. The van der Waals surface area contributed by atoms with E-state index in [4.69, 9.17) is 0 Å². The molecule has 1 atom stereocenters. The number of H-pyrrole nitrogens is 1. The summed E-state index contributed by atoms with van der Waals surface area (Å²) in [5.41, 5.74) is 2.23. The van der Waals surface area contributed by atoms with E-state index in [2.05, 4.69) is 26.9 Å². The van der Waals surface area contributed by atoms with Gasteiger partial charge in [0.05, 0.1) is 11.1 Å². The molecule has 1 N–H and O–H groups in total. The maximum Gasteiger partial charge on any atom is 0.253 e. The topological polar surface area (TPSA) is 52.2 Å². The van der Waals surface area contributed by atoms with Crippen LogP contribution in [0, 0.1) is 17.7 Å². The fourth-order valence-electron chi connectivity index (χ4n) is 3.46. The zero-order chi connectivity index (χ0) is 19.7. The monoisotopic (exact) mass is 376 g/mol. The highest BCUT2D eigenvalue weighted by Crippen LogP contribution is 2.21. The summed E-state index contributed by atoms with van der Waals surface area (Å²) in [7, 11) is 4.08. The number of likely N-dealkylation sites (tertiary alicyclic amines) is 1. The van der Waals surface area contributed by atoms with Gasteiger partial charge in [-0.3, -0.25) is 9.89 Å². The Kier molecular flexibility index (Phi) is 4.84. The zero-order valence-corrected chi connectivity index (χ0v) is 15.9. The average Bonchev–Trinajstić information content (AvgIpc) is 3.34. The fraction of sp³-hybridized carbons (Fsp3) is 0.273. The Morgan fingerprint density at radius 1 is 1.25 bits per heavy atom. The van der Waals surface area contributed by atoms with Crippen LogP contribution in [0.4, 0.5) is 4.39 Å². The number of carbonyl (C=O) groups excluding carboxylic acids is 1. The second-order valence-corrected chi connectivity index (χ2v) is 7.22. The molecule has 1 aliphatic rings. The van der Waals surface area contributed by atoms with Gasteiger partial charge in [-0.2, -0.15) is 5.10 Å². The van der Waals surface area contributed by atoms with E-state index in [0.29, 0.717) is 22.9 Å². The molecule has 28 heavy (non-hydrogen) atoms. The zero-order valence-electron chi connectivity index (χ0n) is 15.9. The van der Waals surface area contributed by atoms with Gasteiger partial charge in [0.1, 0.15) is 11.5 Å². The summed E-state index contributed by atoms with van der Waals surface area (Å²) >= 11 is 0. The molecule has 1 fully saturated rings. The van der Waals surface area contributed by atoms with Gasteiger partial charge in [-0.25, -0.2) is 4.39 Å². The number of rotatable bonds is 2. The van der Waals surface area contributed by atoms with Crippen molar-refractivity contribution >= 4 is 16.8 Å². The number of halogens is 1.